The molecule has 5 N–H and O–H groups in total. The lowest BCUT2D eigenvalue weighted by atomic mass is 10.3. The Morgan fingerprint density at radius 2 is 1.88 bits per heavy atom. The summed E-state index contributed by atoms with van der Waals surface area (Å²) in [7, 11) is 0. The van der Waals surface area contributed by atoms with Crippen LogP contribution in [0.1, 0.15) is 9.75 Å². The smallest absolute Gasteiger partial charge is 0.229 e. The third-order valence-corrected chi connectivity index (χ3v) is 3.18. The minimum atomic E-state index is 0.131. The monoisotopic (exact) mass is 250 g/mol. The molecule has 0 saturated heterocycles. The molecule has 0 fully saturated rings. The van der Waals surface area contributed by atoms with E-state index in [1.54, 1.807) is 11.3 Å². The molecule has 0 atom stereocenters. The van der Waals surface area contributed by atoms with Crippen LogP contribution in [0.2, 0.25) is 0 Å². The molecule has 2 aromatic rings. The first-order chi connectivity index (χ1) is 8.13. The van der Waals surface area contributed by atoms with Crippen LogP contribution in [-0.2, 0) is 6.42 Å². The topological polar surface area (TPSA) is 103 Å². The summed E-state index contributed by atoms with van der Waals surface area (Å²) >= 11 is 1.79. The zero-order valence-corrected chi connectivity index (χ0v) is 10.3. The van der Waals surface area contributed by atoms with Crippen molar-refractivity contribution >= 4 is 29.2 Å². The standard InChI is InChI=1S/C10H14N6S/c1-6-2-3-7(17-6)4-5-13-10-15-8(11)14-9(12)16-10/h2-3H,4-5H2,1H3,(H5,11,12,13,14,15,16). The molecule has 7 heteroatoms. The van der Waals surface area contributed by atoms with Crippen LogP contribution in [0.15, 0.2) is 12.1 Å². The average molecular weight is 250 g/mol. The van der Waals surface area contributed by atoms with Crippen molar-refractivity contribution in [3.8, 4) is 0 Å². The second kappa shape index (κ2) is 4.96. The molecule has 0 bridgehead atoms. The van der Waals surface area contributed by atoms with Gasteiger partial charge in [-0.3, -0.25) is 0 Å². The molecule has 0 aliphatic rings. The maximum absolute atomic E-state index is 5.47. The van der Waals surface area contributed by atoms with E-state index in [0.29, 0.717) is 5.95 Å². The van der Waals surface area contributed by atoms with Gasteiger partial charge in [0, 0.05) is 16.3 Å². The highest BCUT2D eigenvalue weighted by Gasteiger charge is 2.01. The third-order valence-electron chi connectivity index (χ3n) is 2.12. The summed E-state index contributed by atoms with van der Waals surface area (Å²) in [6, 6.07) is 4.23. The number of nitrogen functional groups attached to an aromatic ring is 2. The van der Waals surface area contributed by atoms with Gasteiger partial charge in [0.2, 0.25) is 17.8 Å². The molecule has 0 radical (unpaired) electrons. The van der Waals surface area contributed by atoms with Gasteiger partial charge in [-0.25, -0.2) is 0 Å². The van der Waals surface area contributed by atoms with Crippen molar-refractivity contribution in [2.45, 2.75) is 13.3 Å². The predicted octanol–water partition coefficient (Wildman–Crippen LogP) is 1.06. The molecule has 0 aromatic carbocycles. The van der Waals surface area contributed by atoms with Gasteiger partial charge in [0.05, 0.1) is 0 Å². The van der Waals surface area contributed by atoms with Gasteiger partial charge in [0.25, 0.3) is 0 Å². The largest absolute Gasteiger partial charge is 0.368 e. The molecule has 6 nitrogen and oxygen atoms in total. The van der Waals surface area contributed by atoms with Crippen LogP contribution in [0.3, 0.4) is 0 Å². The molecule has 0 unspecified atom stereocenters. The Morgan fingerprint density at radius 1 is 1.18 bits per heavy atom. The van der Waals surface area contributed by atoms with Crippen molar-refractivity contribution in [1.29, 1.82) is 0 Å². The first kappa shape index (κ1) is 11.6. The van der Waals surface area contributed by atoms with Crippen LogP contribution >= 0.6 is 11.3 Å². The number of anilines is 3. The summed E-state index contributed by atoms with van der Waals surface area (Å²) in [5, 5.41) is 3.07. The minimum Gasteiger partial charge on any atom is -0.368 e. The number of aryl methyl sites for hydroxylation is 1. The minimum absolute atomic E-state index is 0.131. The van der Waals surface area contributed by atoms with E-state index < -0.39 is 0 Å². The highest BCUT2D eigenvalue weighted by molar-refractivity contribution is 7.11. The number of rotatable bonds is 4. The Hall–Kier alpha value is -1.89. The Morgan fingerprint density at radius 3 is 2.47 bits per heavy atom. The molecule has 90 valence electrons. The predicted molar refractivity (Wildman–Crippen MR) is 69.9 cm³/mol. The second-order valence-electron chi connectivity index (χ2n) is 3.56. The second-order valence-corrected chi connectivity index (χ2v) is 4.94. The normalized spacial score (nSPS) is 10.4. The van der Waals surface area contributed by atoms with E-state index in [0.717, 1.165) is 13.0 Å². The van der Waals surface area contributed by atoms with Gasteiger partial charge in [-0.05, 0) is 25.5 Å². The summed E-state index contributed by atoms with van der Waals surface area (Å²) in [5.74, 6) is 0.683. The quantitative estimate of drug-likeness (QED) is 0.749. The van der Waals surface area contributed by atoms with E-state index in [1.165, 1.54) is 9.75 Å². The lowest BCUT2D eigenvalue weighted by Gasteiger charge is -2.04. The van der Waals surface area contributed by atoms with Crippen LogP contribution in [0.5, 0.6) is 0 Å². The summed E-state index contributed by atoms with van der Waals surface area (Å²) in [4.78, 5) is 14.2. The van der Waals surface area contributed by atoms with Crippen molar-refractivity contribution < 1.29 is 0 Å². The molecule has 0 aliphatic heterocycles. The van der Waals surface area contributed by atoms with Crippen LogP contribution in [0.25, 0.3) is 0 Å². The van der Waals surface area contributed by atoms with Gasteiger partial charge in [0.1, 0.15) is 0 Å². The highest BCUT2D eigenvalue weighted by atomic mass is 32.1. The zero-order chi connectivity index (χ0) is 12.3. The summed E-state index contributed by atoms with van der Waals surface area (Å²) in [5.41, 5.74) is 10.9. The average Bonchev–Trinajstić information content (AvgIpc) is 2.63. The van der Waals surface area contributed by atoms with Gasteiger partial charge in [0.15, 0.2) is 0 Å². The lowest BCUT2D eigenvalue weighted by Crippen LogP contribution is -2.11. The van der Waals surface area contributed by atoms with Crippen molar-refractivity contribution in [3.05, 3.63) is 21.9 Å². The molecule has 2 rings (SSSR count). The van der Waals surface area contributed by atoms with E-state index in [2.05, 4.69) is 39.3 Å². The summed E-state index contributed by atoms with van der Waals surface area (Å²) in [6.07, 6.45) is 0.921. The first-order valence-electron chi connectivity index (χ1n) is 5.20. The molecular formula is C10H14N6S. The van der Waals surface area contributed by atoms with Gasteiger partial charge in [-0.1, -0.05) is 0 Å². The van der Waals surface area contributed by atoms with E-state index >= 15 is 0 Å². The SMILES string of the molecule is Cc1ccc(CCNc2nc(N)nc(N)n2)s1. The maximum Gasteiger partial charge on any atom is 0.229 e. The van der Waals surface area contributed by atoms with Crippen LogP contribution in [0.4, 0.5) is 17.8 Å². The molecule has 0 aliphatic carbocycles. The van der Waals surface area contributed by atoms with Gasteiger partial charge in [-0.2, -0.15) is 15.0 Å². The molecule has 0 amide bonds. The molecule has 0 spiro atoms. The van der Waals surface area contributed by atoms with E-state index in [1.807, 2.05) is 0 Å². The molecule has 17 heavy (non-hydrogen) atoms. The van der Waals surface area contributed by atoms with Crippen molar-refractivity contribution in [1.82, 2.24) is 15.0 Å². The molecule has 2 aromatic heterocycles. The third kappa shape index (κ3) is 3.28. The van der Waals surface area contributed by atoms with E-state index in [4.69, 9.17) is 11.5 Å². The van der Waals surface area contributed by atoms with Crippen LogP contribution in [0, 0.1) is 6.92 Å². The number of aromatic nitrogens is 3. The van der Waals surface area contributed by atoms with Crippen LogP contribution in [-0.4, -0.2) is 21.5 Å². The Labute approximate surface area is 103 Å². The van der Waals surface area contributed by atoms with Crippen molar-refractivity contribution in [2.75, 3.05) is 23.3 Å². The maximum atomic E-state index is 5.47. The fourth-order valence-electron chi connectivity index (χ4n) is 1.41. The molecular weight excluding hydrogens is 236 g/mol. The molecule has 2 heterocycles. The first-order valence-corrected chi connectivity index (χ1v) is 6.01. The fourth-order valence-corrected chi connectivity index (χ4v) is 2.30. The lowest BCUT2D eigenvalue weighted by molar-refractivity contribution is 0.985. The Bertz CT molecular complexity index is 489. The van der Waals surface area contributed by atoms with Crippen molar-refractivity contribution in [3.63, 3.8) is 0 Å². The number of hydrogen-bond donors (Lipinski definition) is 3. The summed E-state index contributed by atoms with van der Waals surface area (Å²) in [6.45, 7) is 2.83. The number of nitrogens with two attached hydrogens (primary N) is 2. The Balaban J connectivity index is 1.89. The van der Waals surface area contributed by atoms with Gasteiger partial charge < -0.3 is 16.8 Å². The number of nitrogens with zero attached hydrogens (tertiary/aromatic N) is 3. The fraction of sp³-hybridized carbons (Fsp3) is 0.300. The number of hydrogen-bond acceptors (Lipinski definition) is 7. The van der Waals surface area contributed by atoms with Crippen LogP contribution < -0.4 is 16.8 Å². The molecule has 0 saturated carbocycles. The van der Waals surface area contributed by atoms with Gasteiger partial charge in [-0.15, -0.1) is 11.3 Å². The number of thiophene rings is 1. The van der Waals surface area contributed by atoms with E-state index in [9.17, 15) is 0 Å². The van der Waals surface area contributed by atoms with E-state index in [-0.39, 0.29) is 11.9 Å². The zero-order valence-electron chi connectivity index (χ0n) is 9.47. The van der Waals surface area contributed by atoms with Crippen molar-refractivity contribution in [2.24, 2.45) is 0 Å². The number of nitrogens with one attached hydrogen (secondary N) is 1. The van der Waals surface area contributed by atoms with Gasteiger partial charge >= 0.3 is 0 Å². The highest BCUT2D eigenvalue weighted by Crippen LogP contribution is 2.15. The Kier molecular flexibility index (Phi) is 3.38. The summed E-state index contributed by atoms with van der Waals surface area (Å²) < 4.78 is 0.